The highest BCUT2D eigenvalue weighted by Gasteiger charge is 2.27. The number of nitrogens with two attached hydrogens (primary N) is 1. The first-order valence-corrected chi connectivity index (χ1v) is 12.4. The van der Waals surface area contributed by atoms with Gasteiger partial charge in [0, 0.05) is 6.54 Å². The lowest BCUT2D eigenvalue weighted by molar-refractivity contribution is -0.402. The number of aromatic nitrogens is 4. The van der Waals surface area contributed by atoms with Crippen LogP contribution in [0.3, 0.4) is 0 Å². The Labute approximate surface area is 208 Å². The topological polar surface area (TPSA) is 214 Å². The highest BCUT2D eigenvalue weighted by Crippen LogP contribution is 2.49. The van der Waals surface area contributed by atoms with Gasteiger partial charge in [-0.15, -0.1) is 0 Å². The summed E-state index contributed by atoms with van der Waals surface area (Å²) in [7, 11) is -3.89. The van der Waals surface area contributed by atoms with Crippen molar-refractivity contribution >= 4 is 30.6 Å². The van der Waals surface area contributed by atoms with Gasteiger partial charge in [-0.05, 0) is 23.8 Å². The van der Waals surface area contributed by atoms with Gasteiger partial charge in [0.15, 0.2) is 11.2 Å². The fourth-order valence-electron chi connectivity index (χ4n) is 3.14. The molecule has 0 saturated heterocycles. The lowest BCUT2D eigenvalue weighted by atomic mass is 10.2. The van der Waals surface area contributed by atoms with E-state index in [1.807, 2.05) is 6.07 Å². The predicted molar refractivity (Wildman–Crippen MR) is 127 cm³/mol. The molecule has 1 atom stereocenters. The maximum atomic E-state index is 13.4. The van der Waals surface area contributed by atoms with Crippen LogP contribution in [-0.4, -0.2) is 37.4 Å². The Bertz CT molecular complexity index is 1550. The van der Waals surface area contributed by atoms with Crippen LogP contribution < -0.4 is 11.3 Å². The molecule has 4 rings (SSSR count). The predicted octanol–water partition coefficient (Wildman–Crippen LogP) is 2.68. The van der Waals surface area contributed by atoms with E-state index in [0.717, 1.165) is 6.07 Å². The van der Waals surface area contributed by atoms with E-state index in [9.17, 15) is 19.5 Å². The van der Waals surface area contributed by atoms with Crippen molar-refractivity contribution in [3.63, 3.8) is 0 Å². The molecule has 3 N–H and O–H groups in total. The number of aromatic amines is 1. The summed E-state index contributed by atoms with van der Waals surface area (Å²) >= 11 is 0. The molecule has 3 aromatic heterocycles. The number of hydrogen-bond acceptors (Lipinski definition) is 12. The molecule has 37 heavy (non-hydrogen) atoms. The molecular formula is C21H20N7O8P. The van der Waals surface area contributed by atoms with Crippen LogP contribution in [0.1, 0.15) is 16.9 Å². The lowest BCUT2D eigenvalue weighted by Crippen LogP contribution is -2.13. The Kier molecular flexibility index (Phi) is 7.75. The van der Waals surface area contributed by atoms with E-state index in [4.69, 9.17) is 29.2 Å². The number of ether oxygens (including phenoxy) is 1. The fourth-order valence-corrected chi connectivity index (χ4v) is 4.38. The molecule has 16 heteroatoms. The second kappa shape index (κ2) is 11.1. The molecule has 0 aliphatic carbocycles. The average Bonchev–Trinajstić information content (AvgIpc) is 3.52. The highest BCUT2D eigenvalue weighted by atomic mass is 31.2. The van der Waals surface area contributed by atoms with Gasteiger partial charge in [-0.1, -0.05) is 12.1 Å². The minimum atomic E-state index is -3.89. The van der Waals surface area contributed by atoms with Crippen molar-refractivity contribution in [3.05, 3.63) is 80.1 Å². The monoisotopic (exact) mass is 529 g/mol. The van der Waals surface area contributed by atoms with Gasteiger partial charge < -0.3 is 24.0 Å². The first-order valence-electron chi connectivity index (χ1n) is 10.6. The number of furan rings is 1. The maximum absolute atomic E-state index is 13.4. The maximum Gasteiger partial charge on any atom is 0.433 e. The van der Waals surface area contributed by atoms with Crippen molar-refractivity contribution in [3.8, 4) is 6.07 Å². The molecule has 1 aromatic carbocycles. The van der Waals surface area contributed by atoms with Crippen molar-refractivity contribution in [1.29, 1.82) is 5.26 Å². The zero-order chi connectivity index (χ0) is 26.4. The number of nitrogens with zero attached hydrogens (tertiary/aromatic N) is 5. The Morgan fingerprint density at radius 2 is 1.97 bits per heavy atom. The number of fused-ring (bicyclic) bond motifs is 1. The number of nitrogen functional groups attached to an aromatic ring is 1. The average molecular weight is 529 g/mol. The summed E-state index contributed by atoms with van der Waals surface area (Å²) in [6.45, 7) is -0.241. The molecule has 0 aliphatic rings. The van der Waals surface area contributed by atoms with E-state index < -0.39 is 30.3 Å². The largest absolute Gasteiger partial charge is 0.433 e. The number of nitrogens with one attached hydrogen (secondary N) is 1. The van der Waals surface area contributed by atoms with Gasteiger partial charge in [-0.2, -0.15) is 10.2 Å². The van der Waals surface area contributed by atoms with E-state index in [1.165, 1.54) is 12.4 Å². The van der Waals surface area contributed by atoms with Crippen LogP contribution in [0.5, 0.6) is 0 Å². The SMILES string of the molecule is N#Cc1ccc(COP(=O)(COCCn2cnc3c(=O)[nH]c(N)nc32)OCc2ccc([N+](=O)[O-])o2)cc1. The molecule has 3 heterocycles. The number of benzene rings is 1. The summed E-state index contributed by atoms with van der Waals surface area (Å²) in [5.41, 5.74) is 6.58. The Balaban J connectivity index is 1.40. The quantitative estimate of drug-likeness (QED) is 0.117. The summed E-state index contributed by atoms with van der Waals surface area (Å²) in [6.07, 6.45) is 0.950. The molecule has 0 fully saturated rings. The first-order chi connectivity index (χ1) is 17.8. The van der Waals surface area contributed by atoms with Gasteiger partial charge >= 0.3 is 13.5 Å². The number of nitro groups is 1. The third-order valence-electron chi connectivity index (χ3n) is 4.96. The Hall–Kier alpha value is -4.35. The molecule has 4 aromatic rings. The third kappa shape index (κ3) is 6.46. The summed E-state index contributed by atoms with van der Waals surface area (Å²) in [5, 5.41) is 19.8. The van der Waals surface area contributed by atoms with Gasteiger partial charge in [0.05, 0.1) is 37.2 Å². The van der Waals surface area contributed by atoms with Gasteiger partial charge in [-0.25, -0.2) is 4.98 Å². The van der Waals surface area contributed by atoms with Crippen molar-refractivity contribution in [2.45, 2.75) is 19.8 Å². The third-order valence-corrected chi connectivity index (χ3v) is 6.50. The standard InChI is InChI=1S/C21H20N7O8P/c22-9-14-1-3-15(4-2-14)10-34-37(32,35-11-16-5-6-17(36-16)28(30)31)13-33-8-7-27-12-24-18-19(27)25-21(23)26-20(18)29/h1-6,12H,7-8,10-11,13H2,(H3,23,25,26,29). The van der Waals surface area contributed by atoms with Crippen LogP contribution >= 0.6 is 7.60 Å². The molecule has 0 aliphatic heterocycles. The molecular weight excluding hydrogens is 509 g/mol. The molecule has 0 radical (unpaired) electrons. The van der Waals surface area contributed by atoms with Crippen molar-refractivity contribution in [2.75, 3.05) is 18.7 Å². The zero-order valence-electron chi connectivity index (χ0n) is 19.1. The van der Waals surface area contributed by atoms with Crippen molar-refractivity contribution < 1.29 is 27.7 Å². The van der Waals surface area contributed by atoms with E-state index in [-0.39, 0.29) is 49.2 Å². The molecule has 0 saturated carbocycles. The summed E-state index contributed by atoms with van der Waals surface area (Å²) < 4.78 is 36.6. The van der Waals surface area contributed by atoms with Gasteiger partial charge in [0.1, 0.15) is 23.6 Å². The minimum Gasteiger partial charge on any atom is -0.403 e. The first kappa shape index (κ1) is 25.7. The van der Waals surface area contributed by atoms with Gasteiger partial charge in [0.2, 0.25) is 5.95 Å². The molecule has 192 valence electrons. The van der Waals surface area contributed by atoms with E-state index in [0.29, 0.717) is 11.1 Å². The molecule has 1 unspecified atom stereocenters. The summed E-state index contributed by atoms with van der Waals surface area (Å²) in [6, 6.07) is 10.9. The molecule has 0 spiro atoms. The number of hydrogen-bond donors (Lipinski definition) is 2. The number of anilines is 1. The molecule has 15 nitrogen and oxygen atoms in total. The van der Waals surface area contributed by atoms with Crippen LogP contribution in [0.15, 0.2) is 51.9 Å². The van der Waals surface area contributed by atoms with Crippen molar-refractivity contribution in [2.24, 2.45) is 0 Å². The number of imidazole rings is 1. The normalized spacial score (nSPS) is 12.8. The number of nitriles is 1. The van der Waals surface area contributed by atoms with Crippen LogP contribution in [0, 0.1) is 21.4 Å². The van der Waals surface area contributed by atoms with Gasteiger partial charge in [-0.3, -0.25) is 29.0 Å². The van der Waals surface area contributed by atoms with Crippen molar-refractivity contribution in [1.82, 2.24) is 19.5 Å². The summed E-state index contributed by atoms with van der Waals surface area (Å²) in [5.74, 6) is -0.469. The fraction of sp³-hybridized carbons (Fsp3) is 0.238. The van der Waals surface area contributed by atoms with Crippen LogP contribution in [-0.2, 0) is 38.1 Å². The van der Waals surface area contributed by atoms with E-state index in [1.54, 1.807) is 28.8 Å². The lowest BCUT2D eigenvalue weighted by Gasteiger charge is -2.18. The second-order valence-electron chi connectivity index (χ2n) is 7.56. The van der Waals surface area contributed by atoms with Crippen LogP contribution in [0.4, 0.5) is 11.8 Å². The van der Waals surface area contributed by atoms with Crippen LogP contribution in [0.25, 0.3) is 11.2 Å². The minimum absolute atomic E-state index is 0.0274. The smallest absolute Gasteiger partial charge is 0.403 e. The molecule has 0 amide bonds. The summed E-state index contributed by atoms with van der Waals surface area (Å²) in [4.78, 5) is 32.5. The Morgan fingerprint density at radius 3 is 2.68 bits per heavy atom. The number of H-pyrrole nitrogens is 1. The van der Waals surface area contributed by atoms with Crippen LogP contribution in [0.2, 0.25) is 0 Å². The van der Waals surface area contributed by atoms with E-state index in [2.05, 4.69) is 15.0 Å². The van der Waals surface area contributed by atoms with Gasteiger partial charge in [0.25, 0.3) is 5.56 Å². The molecule has 0 bridgehead atoms. The highest BCUT2D eigenvalue weighted by molar-refractivity contribution is 7.53. The Morgan fingerprint density at radius 1 is 1.22 bits per heavy atom. The number of rotatable bonds is 12. The zero-order valence-corrected chi connectivity index (χ0v) is 20.0. The van der Waals surface area contributed by atoms with E-state index >= 15 is 0 Å². The second-order valence-corrected chi connectivity index (χ2v) is 9.56.